The number of rotatable bonds is 4. The first kappa shape index (κ1) is 16.7. The molecule has 1 amide bonds. The monoisotopic (exact) mass is 361 g/mol. The van der Waals surface area contributed by atoms with Crippen LogP contribution in [0.3, 0.4) is 0 Å². The highest BCUT2D eigenvalue weighted by atomic mass is 35.5. The average molecular weight is 362 g/mol. The van der Waals surface area contributed by atoms with E-state index in [9.17, 15) is 4.79 Å². The molecule has 2 aromatic heterocycles. The molecule has 6 nitrogen and oxygen atoms in total. The molecule has 0 aliphatic rings. The quantitative estimate of drug-likeness (QED) is 0.720. The number of carbonyl (C=O) groups excluding carboxylic acids is 1. The van der Waals surface area contributed by atoms with Crippen LogP contribution in [0, 0.1) is 13.8 Å². The van der Waals surface area contributed by atoms with E-state index in [4.69, 9.17) is 11.6 Å². The van der Waals surface area contributed by atoms with E-state index in [1.165, 1.54) is 11.8 Å². The van der Waals surface area contributed by atoms with Gasteiger partial charge in [-0.1, -0.05) is 23.4 Å². The molecule has 24 heavy (non-hydrogen) atoms. The summed E-state index contributed by atoms with van der Waals surface area (Å²) in [6.07, 6.45) is 0. The first-order valence-electron chi connectivity index (χ1n) is 7.36. The highest BCUT2D eigenvalue weighted by molar-refractivity contribution is 8.00. The van der Waals surface area contributed by atoms with E-state index in [2.05, 4.69) is 20.4 Å². The summed E-state index contributed by atoms with van der Waals surface area (Å²) < 4.78 is 1.68. The van der Waals surface area contributed by atoms with E-state index in [-0.39, 0.29) is 11.2 Å². The maximum absolute atomic E-state index is 12.3. The second-order valence-electron chi connectivity index (χ2n) is 5.40. The minimum absolute atomic E-state index is 0.123. The topological polar surface area (TPSA) is 72.2 Å². The molecule has 0 aliphatic heterocycles. The van der Waals surface area contributed by atoms with Crippen LogP contribution in [-0.2, 0) is 4.79 Å². The summed E-state index contributed by atoms with van der Waals surface area (Å²) in [4.78, 5) is 21.0. The van der Waals surface area contributed by atoms with Gasteiger partial charge >= 0.3 is 0 Å². The molecule has 8 heteroatoms. The summed E-state index contributed by atoms with van der Waals surface area (Å²) in [6.45, 7) is 5.67. The van der Waals surface area contributed by atoms with Crippen molar-refractivity contribution in [1.29, 1.82) is 0 Å². The number of thioether (sulfide) groups is 1. The minimum Gasteiger partial charge on any atom is -0.325 e. The SMILES string of the molecule is Cc1cc(C)n2nc(S[C@@H](C)C(=O)Nc3ccc(Cl)cc3)nc2n1. The van der Waals surface area contributed by atoms with E-state index in [0.717, 1.165) is 11.4 Å². The lowest BCUT2D eigenvalue weighted by Crippen LogP contribution is -2.22. The van der Waals surface area contributed by atoms with Crippen LogP contribution in [0.5, 0.6) is 0 Å². The molecule has 0 unspecified atom stereocenters. The molecule has 0 aliphatic carbocycles. The molecule has 0 saturated carbocycles. The third kappa shape index (κ3) is 3.68. The van der Waals surface area contributed by atoms with E-state index in [1.54, 1.807) is 28.8 Å². The summed E-state index contributed by atoms with van der Waals surface area (Å²) in [5.41, 5.74) is 2.54. The Morgan fingerprint density at radius 2 is 1.96 bits per heavy atom. The lowest BCUT2D eigenvalue weighted by atomic mass is 10.3. The van der Waals surface area contributed by atoms with Crippen molar-refractivity contribution in [1.82, 2.24) is 19.6 Å². The van der Waals surface area contributed by atoms with Crippen LogP contribution in [0.25, 0.3) is 5.78 Å². The summed E-state index contributed by atoms with van der Waals surface area (Å²) in [6, 6.07) is 8.92. The van der Waals surface area contributed by atoms with Gasteiger partial charge in [-0.05, 0) is 51.1 Å². The third-order valence-electron chi connectivity index (χ3n) is 3.36. The van der Waals surface area contributed by atoms with E-state index < -0.39 is 0 Å². The highest BCUT2D eigenvalue weighted by Crippen LogP contribution is 2.22. The van der Waals surface area contributed by atoms with E-state index in [1.807, 2.05) is 26.8 Å². The van der Waals surface area contributed by atoms with Gasteiger partial charge in [0.05, 0.1) is 5.25 Å². The standard InChI is InChI=1S/C16H16ClN5OS/c1-9-8-10(2)22-15(18-9)20-16(21-22)24-11(3)14(23)19-13-6-4-12(17)5-7-13/h4-8,11H,1-3H3,(H,19,23)/t11-/m0/s1. The number of carbonyl (C=O) groups is 1. The minimum atomic E-state index is -0.348. The molecule has 3 aromatic rings. The molecule has 2 heterocycles. The third-order valence-corrected chi connectivity index (χ3v) is 4.57. The molecule has 3 rings (SSSR count). The molecular weight excluding hydrogens is 346 g/mol. The lowest BCUT2D eigenvalue weighted by Gasteiger charge is -2.10. The fraction of sp³-hybridized carbons (Fsp3) is 0.250. The van der Waals surface area contributed by atoms with E-state index >= 15 is 0 Å². The van der Waals surface area contributed by atoms with Gasteiger partial charge in [0.1, 0.15) is 0 Å². The largest absolute Gasteiger partial charge is 0.325 e. The van der Waals surface area contributed by atoms with Gasteiger partial charge in [-0.2, -0.15) is 4.98 Å². The van der Waals surface area contributed by atoms with Crippen molar-refractivity contribution in [3.05, 3.63) is 46.7 Å². The molecule has 0 fully saturated rings. The first-order chi connectivity index (χ1) is 11.4. The predicted molar refractivity (Wildman–Crippen MR) is 95.7 cm³/mol. The van der Waals surface area contributed by atoms with Gasteiger partial charge in [0.15, 0.2) is 0 Å². The van der Waals surface area contributed by atoms with E-state index in [0.29, 0.717) is 21.6 Å². The summed E-state index contributed by atoms with van der Waals surface area (Å²) >= 11 is 7.13. The van der Waals surface area contributed by atoms with Crippen molar-refractivity contribution in [2.24, 2.45) is 0 Å². The number of aromatic nitrogens is 4. The molecule has 0 radical (unpaired) electrons. The van der Waals surface area contributed by atoms with Crippen LogP contribution in [0.15, 0.2) is 35.5 Å². The number of hydrogen-bond acceptors (Lipinski definition) is 5. The lowest BCUT2D eigenvalue weighted by molar-refractivity contribution is -0.115. The summed E-state index contributed by atoms with van der Waals surface area (Å²) in [5.74, 6) is 0.419. The van der Waals surface area contributed by atoms with Gasteiger partial charge < -0.3 is 5.32 Å². The first-order valence-corrected chi connectivity index (χ1v) is 8.62. The molecule has 1 aromatic carbocycles. The number of benzene rings is 1. The van der Waals surface area contributed by atoms with Gasteiger partial charge in [0.2, 0.25) is 11.1 Å². The number of amides is 1. The van der Waals surface area contributed by atoms with Crippen LogP contribution in [-0.4, -0.2) is 30.7 Å². The normalized spacial score (nSPS) is 12.3. The zero-order valence-electron chi connectivity index (χ0n) is 13.4. The second kappa shape index (κ2) is 6.78. The fourth-order valence-corrected chi connectivity index (χ4v) is 3.06. The van der Waals surface area contributed by atoms with Crippen molar-refractivity contribution in [2.45, 2.75) is 31.2 Å². The van der Waals surface area contributed by atoms with Gasteiger partial charge in [-0.15, -0.1) is 5.10 Å². The van der Waals surface area contributed by atoms with Crippen LogP contribution < -0.4 is 5.32 Å². The summed E-state index contributed by atoms with van der Waals surface area (Å²) in [5, 5.41) is 8.05. The van der Waals surface area contributed by atoms with Gasteiger partial charge in [0.25, 0.3) is 5.78 Å². The van der Waals surface area contributed by atoms with Crippen LogP contribution in [0.4, 0.5) is 5.69 Å². The Kier molecular flexibility index (Phi) is 4.73. The fourth-order valence-electron chi connectivity index (χ4n) is 2.19. The molecule has 0 saturated heterocycles. The smallest absolute Gasteiger partial charge is 0.253 e. The molecule has 1 N–H and O–H groups in total. The van der Waals surface area contributed by atoms with Crippen molar-refractivity contribution < 1.29 is 4.79 Å². The van der Waals surface area contributed by atoms with Crippen LogP contribution >= 0.6 is 23.4 Å². The average Bonchev–Trinajstić information content (AvgIpc) is 2.92. The van der Waals surface area contributed by atoms with Crippen molar-refractivity contribution in [3.63, 3.8) is 0 Å². The maximum Gasteiger partial charge on any atom is 0.253 e. The molecule has 0 spiro atoms. The van der Waals surface area contributed by atoms with Crippen molar-refractivity contribution in [2.75, 3.05) is 5.32 Å². The Bertz CT molecular complexity index is 893. The number of fused-ring (bicyclic) bond motifs is 1. The zero-order valence-corrected chi connectivity index (χ0v) is 15.0. The van der Waals surface area contributed by atoms with Crippen molar-refractivity contribution >= 4 is 40.7 Å². The van der Waals surface area contributed by atoms with Crippen LogP contribution in [0.2, 0.25) is 5.02 Å². The van der Waals surface area contributed by atoms with Gasteiger partial charge in [-0.25, -0.2) is 9.50 Å². The number of nitrogens with zero attached hydrogens (tertiary/aromatic N) is 4. The Morgan fingerprint density at radius 1 is 1.25 bits per heavy atom. The Labute approximate surface area is 148 Å². The summed E-state index contributed by atoms with van der Waals surface area (Å²) in [7, 11) is 0. The van der Waals surface area contributed by atoms with Gasteiger partial charge in [-0.3, -0.25) is 4.79 Å². The molecule has 0 bridgehead atoms. The number of anilines is 1. The number of halogens is 1. The zero-order chi connectivity index (χ0) is 17.3. The molecular formula is C16H16ClN5OS. The van der Waals surface area contributed by atoms with Crippen molar-refractivity contribution in [3.8, 4) is 0 Å². The van der Waals surface area contributed by atoms with Crippen LogP contribution in [0.1, 0.15) is 18.3 Å². The Hall–Kier alpha value is -2.12. The predicted octanol–water partition coefficient (Wildman–Crippen LogP) is 3.51. The number of hydrogen-bond donors (Lipinski definition) is 1. The number of aryl methyl sites for hydroxylation is 2. The molecule has 124 valence electrons. The Morgan fingerprint density at radius 3 is 2.67 bits per heavy atom. The Balaban J connectivity index is 1.72. The second-order valence-corrected chi connectivity index (χ2v) is 7.15. The molecule has 1 atom stereocenters. The maximum atomic E-state index is 12.3. The highest BCUT2D eigenvalue weighted by Gasteiger charge is 2.18. The number of nitrogens with one attached hydrogen (secondary N) is 1. The van der Waals surface area contributed by atoms with Gasteiger partial charge in [0, 0.05) is 22.1 Å².